The minimum Gasteiger partial charge on any atom is -0.467 e. The standard InChI is InChI=1S/C24H34N2O5/c1-23(2,3)31-20(27)13-9-10-16(21(28)26-24(4,5)22(29)30-6)14-17-15-25-19-12-8-7-11-18(17)19/h7-8,11-12,15-16,25H,9-10,13-14H2,1-6H3,(H,26,28). The van der Waals surface area contributed by atoms with Crippen LogP contribution in [0, 0.1) is 5.92 Å². The summed E-state index contributed by atoms with van der Waals surface area (Å²) >= 11 is 0. The van der Waals surface area contributed by atoms with E-state index in [9.17, 15) is 14.4 Å². The van der Waals surface area contributed by atoms with Gasteiger partial charge in [0.15, 0.2) is 0 Å². The third-order valence-corrected chi connectivity index (χ3v) is 5.00. The highest BCUT2D eigenvalue weighted by Crippen LogP contribution is 2.24. The predicted molar refractivity (Wildman–Crippen MR) is 119 cm³/mol. The van der Waals surface area contributed by atoms with Crippen molar-refractivity contribution >= 4 is 28.7 Å². The van der Waals surface area contributed by atoms with Crippen LogP contribution in [-0.2, 0) is 30.3 Å². The molecule has 0 saturated carbocycles. The molecule has 7 nitrogen and oxygen atoms in total. The van der Waals surface area contributed by atoms with E-state index in [-0.39, 0.29) is 18.3 Å². The average Bonchev–Trinajstić information content (AvgIpc) is 3.07. The van der Waals surface area contributed by atoms with Crippen LogP contribution in [0.5, 0.6) is 0 Å². The van der Waals surface area contributed by atoms with E-state index in [0.717, 1.165) is 16.5 Å². The molecule has 1 aromatic carbocycles. The fourth-order valence-corrected chi connectivity index (χ4v) is 3.49. The van der Waals surface area contributed by atoms with Gasteiger partial charge in [-0.3, -0.25) is 9.59 Å². The predicted octanol–water partition coefficient (Wildman–Crippen LogP) is 3.91. The van der Waals surface area contributed by atoms with Crippen LogP contribution in [0.2, 0.25) is 0 Å². The number of rotatable bonds is 9. The van der Waals surface area contributed by atoms with Gasteiger partial charge in [-0.2, -0.15) is 0 Å². The first-order valence-electron chi connectivity index (χ1n) is 10.6. The maximum absolute atomic E-state index is 13.1. The quantitative estimate of drug-likeness (QED) is 0.588. The molecule has 0 radical (unpaired) electrons. The van der Waals surface area contributed by atoms with Crippen LogP contribution in [0.25, 0.3) is 10.9 Å². The second-order valence-electron chi connectivity index (χ2n) is 9.35. The van der Waals surface area contributed by atoms with Crippen molar-refractivity contribution in [3.63, 3.8) is 0 Å². The molecule has 2 N–H and O–H groups in total. The Kier molecular flexibility index (Phi) is 7.87. The Bertz CT molecular complexity index is 923. The molecule has 31 heavy (non-hydrogen) atoms. The van der Waals surface area contributed by atoms with Crippen LogP contribution in [0.4, 0.5) is 0 Å². The Morgan fingerprint density at radius 2 is 1.77 bits per heavy atom. The smallest absolute Gasteiger partial charge is 0.330 e. The van der Waals surface area contributed by atoms with Gasteiger partial charge in [-0.05, 0) is 65.5 Å². The zero-order valence-corrected chi connectivity index (χ0v) is 19.3. The lowest BCUT2D eigenvalue weighted by molar-refractivity contribution is -0.155. The Morgan fingerprint density at radius 3 is 2.42 bits per heavy atom. The van der Waals surface area contributed by atoms with Crippen molar-refractivity contribution in [3.8, 4) is 0 Å². The van der Waals surface area contributed by atoms with Crippen LogP contribution >= 0.6 is 0 Å². The molecule has 1 amide bonds. The van der Waals surface area contributed by atoms with E-state index in [0.29, 0.717) is 19.3 Å². The van der Waals surface area contributed by atoms with Gasteiger partial charge in [0.1, 0.15) is 11.1 Å². The van der Waals surface area contributed by atoms with Crippen molar-refractivity contribution in [3.05, 3.63) is 36.0 Å². The number of hydrogen-bond acceptors (Lipinski definition) is 5. The molecule has 1 aromatic heterocycles. The summed E-state index contributed by atoms with van der Waals surface area (Å²) in [5.74, 6) is -1.45. The lowest BCUT2D eigenvalue weighted by atomic mass is 9.91. The number of H-pyrrole nitrogens is 1. The second-order valence-corrected chi connectivity index (χ2v) is 9.35. The number of amides is 1. The molecule has 2 aromatic rings. The van der Waals surface area contributed by atoms with Crippen molar-refractivity contribution < 1.29 is 23.9 Å². The summed E-state index contributed by atoms with van der Waals surface area (Å²) in [4.78, 5) is 40.4. The summed E-state index contributed by atoms with van der Waals surface area (Å²) in [6.45, 7) is 8.70. The fourth-order valence-electron chi connectivity index (χ4n) is 3.49. The van der Waals surface area contributed by atoms with Gasteiger partial charge in [0, 0.05) is 29.4 Å². The normalized spacial score (nSPS) is 13.0. The lowest BCUT2D eigenvalue weighted by Crippen LogP contribution is -2.52. The third kappa shape index (κ3) is 7.12. The number of nitrogens with one attached hydrogen (secondary N) is 2. The Labute approximate surface area is 183 Å². The maximum atomic E-state index is 13.1. The molecular formula is C24H34N2O5. The third-order valence-electron chi connectivity index (χ3n) is 5.00. The lowest BCUT2D eigenvalue weighted by Gasteiger charge is -2.26. The number of hydrogen-bond donors (Lipinski definition) is 2. The van der Waals surface area contributed by atoms with Crippen molar-refractivity contribution in [2.45, 2.75) is 71.4 Å². The van der Waals surface area contributed by atoms with Crippen LogP contribution in [0.15, 0.2) is 30.5 Å². The molecule has 1 atom stereocenters. The molecule has 7 heteroatoms. The minimum absolute atomic E-state index is 0.231. The molecule has 0 fully saturated rings. The van der Waals surface area contributed by atoms with E-state index in [1.54, 1.807) is 13.8 Å². The summed E-state index contributed by atoms with van der Waals surface area (Å²) in [6, 6.07) is 7.90. The highest BCUT2D eigenvalue weighted by atomic mass is 16.6. The molecule has 1 unspecified atom stereocenters. The number of para-hydroxylation sites is 1. The van der Waals surface area contributed by atoms with Gasteiger partial charge in [-0.1, -0.05) is 18.2 Å². The van der Waals surface area contributed by atoms with E-state index < -0.39 is 23.0 Å². The monoisotopic (exact) mass is 430 g/mol. The zero-order chi connectivity index (χ0) is 23.2. The van der Waals surface area contributed by atoms with Crippen LogP contribution in [0.1, 0.15) is 59.4 Å². The molecule has 0 saturated heterocycles. The second kappa shape index (κ2) is 9.98. The van der Waals surface area contributed by atoms with Gasteiger partial charge < -0.3 is 19.8 Å². The number of carbonyl (C=O) groups excluding carboxylic acids is 3. The summed E-state index contributed by atoms with van der Waals surface area (Å²) in [6.07, 6.45) is 3.62. The fraction of sp³-hybridized carbons (Fsp3) is 0.542. The molecule has 0 aliphatic heterocycles. The molecule has 170 valence electrons. The van der Waals surface area contributed by atoms with Gasteiger partial charge in [-0.15, -0.1) is 0 Å². The van der Waals surface area contributed by atoms with Crippen molar-refractivity contribution in [2.75, 3.05) is 7.11 Å². The van der Waals surface area contributed by atoms with E-state index in [1.807, 2.05) is 51.2 Å². The first-order valence-corrected chi connectivity index (χ1v) is 10.6. The molecule has 0 aliphatic carbocycles. The van der Waals surface area contributed by atoms with Gasteiger partial charge in [-0.25, -0.2) is 4.79 Å². The zero-order valence-electron chi connectivity index (χ0n) is 19.3. The number of methoxy groups -OCH3 is 1. The van der Waals surface area contributed by atoms with Gasteiger partial charge >= 0.3 is 11.9 Å². The van der Waals surface area contributed by atoms with Crippen molar-refractivity contribution in [2.24, 2.45) is 5.92 Å². The van der Waals surface area contributed by atoms with Crippen molar-refractivity contribution in [1.29, 1.82) is 0 Å². The van der Waals surface area contributed by atoms with Crippen LogP contribution in [0.3, 0.4) is 0 Å². The molecule has 1 heterocycles. The Morgan fingerprint density at radius 1 is 1.10 bits per heavy atom. The number of aromatic nitrogens is 1. The largest absolute Gasteiger partial charge is 0.467 e. The number of fused-ring (bicyclic) bond motifs is 1. The van der Waals surface area contributed by atoms with Gasteiger partial charge in [0.25, 0.3) is 0 Å². The van der Waals surface area contributed by atoms with E-state index in [2.05, 4.69) is 10.3 Å². The molecular weight excluding hydrogens is 396 g/mol. The highest BCUT2D eigenvalue weighted by Gasteiger charge is 2.33. The van der Waals surface area contributed by atoms with E-state index in [1.165, 1.54) is 7.11 Å². The summed E-state index contributed by atoms with van der Waals surface area (Å²) in [5, 5.41) is 3.86. The number of benzene rings is 1. The van der Waals surface area contributed by atoms with Gasteiger partial charge in [0.2, 0.25) is 5.91 Å². The van der Waals surface area contributed by atoms with Gasteiger partial charge in [0.05, 0.1) is 7.11 Å². The van der Waals surface area contributed by atoms with Crippen LogP contribution < -0.4 is 5.32 Å². The van der Waals surface area contributed by atoms with Crippen molar-refractivity contribution in [1.82, 2.24) is 10.3 Å². The first kappa shape index (κ1) is 24.4. The topological polar surface area (TPSA) is 97.5 Å². The maximum Gasteiger partial charge on any atom is 0.330 e. The van der Waals surface area contributed by atoms with E-state index >= 15 is 0 Å². The summed E-state index contributed by atoms with van der Waals surface area (Å²) in [7, 11) is 1.29. The number of esters is 2. The number of carbonyl (C=O) groups is 3. The molecule has 0 spiro atoms. The summed E-state index contributed by atoms with van der Waals surface area (Å²) in [5.41, 5.74) is 0.335. The minimum atomic E-state index is -1.14. The highest BCUT2D eigenvalue weighted by molar-refractivity contribution is 5.89. The Hall–Kier alpha value is -2.83. The van der Waals surface area contributed by atoms with Crippen LogP contribution in [-0.4, -0.2) is 41.1 Å². The molecule has 2 rings (SSSR count). The van der Waals surface area contributed by atoms with E-state index in [4.69, 9.17) is 9.47 Å². The number of aromatic amines is 1. The summed E-state index contributed by atoms with van der Waals surface area (Å²) < 4.78 is 10.2. The molecule has 0 bridgehead atoms. The SMILES string of the molecule is COC(=O)C(C)(C)NC(=O)C(CCCC(=O)OC(C)(C)C)Cc1c[nH]c2ccccc12. The number of ether oxygens (including phenoxy) is 2. The average molecular weight is 431 g/mol. The first-order chi connectivity index (χ1) is 14.4. The Balaban J connectivity index is 2.13. The molecule has 0 aliphatic rings.